The number of carbonyl (C=O) groups excluding carboxylic acids is 3. The van der Waals surface area contributed by atoms with Crippen molar-refractivity contribution in [3.63, 3.8) is 0 Å². The molecule has 2 aromatic carbocycles. The van der Waals surface area contributed by atoms with E-state index in [1.54, 1.807) is 36.2 Å². The van der Waals surface area contributed by atoms with Gasteiger partial charge in [-0.2, -0.15) is 0 Å². The van der Waals surface area contributed by atoms with Gasteiger partial charge in [0.2, 0.25) is 5.91 Å². The zero-order valence-corrected chi connectivity index (χ0v) is 19.4. The number of piperazine rings is 1. The summed E-state index contributed by atoms with van der Waals surface area (Å²) in [5, 5.41) is 17.0. The van der Waals surface area contributed by atoms with Gasteiger partial charge in [0.05, 0.1) is 17.0 Å². The van der Waals surface area contributed by atoms with Crippen LogP contribution < -0.4 is 10.6 Å². The van der Waals surface area contributed by atoms with Crippen molar-refractivity contribution < 1.29 is 19.3 Å². The van der Waals surface area contributed by atoms with E-state index in [9.17, 15) is 24.5 Å². The summed E-state index contributed by atoms with van der Waals surface area (Å²) in [5.41, 5.74) is 0.666. The second-order valence-electron chi connectivity index (χ2n) is 8.03. The Morgan fingerprint density at radius 1 is 1.03 bits per heavy atom. The standard InChI is InChI=1S/C24H29N5O5/c1-3-10-26-22(30)16-27-11-13-28(14-12-27)24(32)19-7-5-4-6-18(19)23(31)17-8-9-20(25-2)21(15-17)29(33)34/h4-9,15,25H,3,10-14,16H2,1-2H3,(H,26,30). The van der Waals surface area contributed by atoms with Crippen LogP contribution in [0.1, 0.15) is 39.6 Å². The zero-order valence-electron chi connectivity index (χ0n) is 19.4. The lowest BCUT2D eigenvalue weighted by atomic mass is 9.96. The van der Waals surface area contributed by atoms with Crippen molar-refractivity contribution in [1.29, 1.82) is 0 Å². The van der Waals surface area contributed by atoms with E-state index in [1.807, 2.05) is 11.8 Å². The van der Waals surface area contributed by atoms with Crippen molar-refractivity contribution in [3.05, 3.63) is 69.3 Å². The first-order valence-electron chi connectivity index (χ1n) is 11.2. The molecule has 1 fully saturated rings. The average molecular weight is 468 g/mol. The molecule has 0 aliphatic carbocycles. The molecule has 1 aliphatic heterocycles. The molecule has 10 nitrogen and oxygen atoms in total. The summed E-state index contributed by atoms with van der Waals surface area (Å²) in [4.78, 5) is 52.9. The lowest BCUT2D eigenvalue weighted by Gasteiger charge is -2.34. The third-order valence-electron chi connectivity index (χ3n) is 5.73. The van der Waals surface area contributed by atoms with E-state index >= 15 is 0 Å². The molecule has 0 spiro atoms. The predicted octanol–water partition coefficient (Wildman–Crippen LogP) is 2.15. The highest BCUT2D eigenvalue weighted by atomic mass is 16.6. The van der Waals surface area contributed by atoms with Gasteiger partial charge in [-0.25, -0.2) is 0 Å². The van der Waals surface area contributed by atoms with Gasteiger partial charge in [-0.15, -0.1) is 0 Å². The number of carbonyl (C=O) groups is 3. The lowest BCUT2D eigenvalue weighted by molar-refractivity contribution is -0.384. The predicted molar refractivity (Wildman–Crippen MR) is 128 cm³/mol. The molecule has 0 saturated carbocycles. The van der Waals surface area contributed by atoms with Gasteiger partial charge in [0, 0.05) is 57.0 Å². The molecule has 1 aliphatic rings. The number of hydrogen-bond donors (Lipinski definition) is 2. The molecule has 0 unspecified atom stereocenters. The van der Waals surface area contributed by atoms with Crippen LogP contribution in [-0.2, 0) is 4.79 Å². The molecule has 2 amide bonds. The minimum atomic E-state index is -0.554. The van der Waals surface area contributed by atoms with Crippen LogP contribution in [0.4, 0.5) is 11.4 Å². The number of hydrogen-bond acceptors (Lipinski definition) is 7. The summed E-state index contributed by atoms with van der Waals surface area (Å²) >= 11 is 0. The molecule has 0 radical (unpaired) electrons. The molecule has 180 valence electrons. The number of anilines is 1. The molecule has 1 heterocycles. The van der Waals surface area contributed by atoms with Crippen LogP contribution >= 0.6 is 0 Å². The van der Waals surface area contributed by atoms with Crippen LogP contribution in [-0.4, -0.2) is 78.6 Å². The minimum absolute atomic E-state index is 0.0315. The Balaban J connectivity index is 1.74. The maximum Gasteiger partial charge on any atom is 0.293 e. The Bertz CT molecular complexity index is 1080. The van der Waals surface area contributed by atoms with Gasteiger partial charge in [0.15, 0.2) is 5.78 Å². The van der Waals surface area contributed by atoms with Crippen LogP contribution in [0.25, 0.3) is 0 Å². The number of nitrogens with one attached hydrogen (secondary N) is 2. The third kappa shape index (κ3) is 5.76. The largest absolute Gasteiger partial charge is 0.383 e. The van der Waals surface area contributed by atoms with E-state index in [0.29, 0.717) is 45.0 Å². The Morgan fingerprint density at radius 3 is 2.32 bits per heavy atom. The second-order valence-corrected chi connectivity index (χ2v) is 8.03. The highest BCUT2D eigenvalue weighted by Crippen LogP contribution is 2.27. The van der Waals surface area contributed by atoms with Crippen LogP contribution in [0.15, 0.2) is 42.5 Å². The average Bonchev–Trinajstić information content (AvgIpc) is 2.86. The molecule has 34 heavy (non-hydrogen) atoms. The van der Waals surface area contributed by atoms with Gasteiger partial charge >= 0.3 is 0 Å². The van der Waals surface area contributed by atoms with E-state index in [-0.39, 0.29) is 34.2 Å². The van der Waals surface area contributed by atoms with Gasteiger partial charge in [-0.3, -0.25) is 29.4 Å². The Kier molecular flexibility index (Phi) is 8.31. The van der Waals surface area contributed by atoms with Gasteiger partial charge in [0.25, 0.3) is 11.6 Å². The first-order chi connectivity index (χ1) is 16.3. The fourth-order valence-corrected chi connectivity index (χ4v) is 3.86. The second kappa shape index (κ2) is 11.4. The summed E-state index contributed by atoms with van der Waals surface area (Å²) in [6, 6.07) is 10.7. The molecule has 0 bridgehead atoms. The van der Waals surface area contributed by atoms with Crippen molar-refractivity contribution in [2.24, 2.45) is 0 Å². The van der Waals surface area contributed by atoms with Crippen molar-refractivity contribution >= 4 is 29.0 Å². The molecule has 0 atom stereocenters. The van der Waals surface area contributed by atoms with E-state index < -0.39 is 10.7 Å². The molecule has 3 rings (SSSR count). The number of amides is 2. The minimum Gasteiger partial charge on any atom is -0.383 e. The van der Waals surface area contributed by atoms with E-state index in [2.05, 4.69) is 10.6 Å². The van der Waals surface area contributed by atoms with Crippen molar-refractivity contribution in [2.75, 3.05) is 51.6 Å². The molecule has 2 aromatic rings. The van der Waals surface area contributed by atoms with Crippen LogP contribution in [0.2, 0.25) is 0 Å². The maximum absolute atomic E-state index is 13.3. The molecule has 0 aromatic heterocycles. The lowest BCUT2D eigenvalue weighted by Crippen LogP contribution is -2.51. The number of nitrogens with zero attached hydrogens (tertiary/aromatic N) is 3. The van der Waals surface area contributed by atoms with E-state index in [4.69, 9.17) is 0 Å². The monoisotopic (exact) mass is 467 g/mol. The highest BCUT2D eigenvalue weighted by Gasteiger charge is 2.27. The molecule has 1 saturated heterocycles. The topological polar surface area (TPSA) is 125 Å². The van der Waals surface area contributed by atoms with E-state index in [0.717, 1.165) is 6.42 Å². The number of nitro groups is 1. The van der Waals surface area contributed by atoms with Crippen LogP contribution in [0.3, 0.4) is 0 Å². The van der Waals surface area contributed by atoms with Gasteiger partial charge in [-0.1, -0.05) is 25.1 Å². The Labute approximate surface area is 198 Å². The molecule has 10 heteroatoms. The summed E-state index contributed by atoms with van der Waals surface area (Å²) in [6.07, 6.45) is 0.874. The van der Waals surface area contributed by atoms with Crippen molar-refractivity contribution in [1.82, 2.24) is 15.1 Å². The zero-order chi connectivity index (χ0) is 24.7. The molecular formula is C24H29N5O5. The quantitative estimate of drug-likeness (QED) is 0.329. The SMILES string of the molecule is CCCNC(=O)CN1CCN(C(=O)c2ccccc2C(=O)c2ccc(NC)c([N+](=O)[O-])c2)CC1. The van der Waals surface area contributed by atoms with Gasteiger partial charge in [0.1, 0.15) is 5.69 Å². The Morgan fingerprint density at radius 2 is 1.71 bits per heavy atom. The number of rotatable bonds is 9. The number of ketones is 1. The fraction of sp³-hybridized carbons (Fsp3) is 0.375. The fourth-order valence-electron chi connectivity index (χ4n) is 3.86. The van der Waals surface area contributed by atoms with E-state index in [1.165, 1.54) is 18.2 Å². The summed E-state index contributed by atoms with van der Waals surface area (Å²) in [6.45, 7) is 4.90. The van der Waals surface area contributed by atoms with Gasteiger partial charge in [-0.05, 0) is 24.6 Å². The summed E-state index contributed by atoms with van der Waals surface area (Å²) < 4.78 is 0. The van der Waals surface area contributed by atoms with Crippen LogP contribution in [0, 0.1) is 10.1 Å². The van der Waals surface area contributed by atoms with Crippen molar-refractivity contribution in [2.45, 2.75) is 13.3 Å². The Hall–Kier alpha value is -3.79. The summed E-state index contributed by atoms with van der Waals surface area (Å²) in [5.74, 6) is -0.766. The number of nitro benzene ring substituents is 1. The third-order valence-corrected chi connectivity index (χ3v) is 5.73. The molecular weight excluding hydrogens is 438 g/mol. The highest BCUT2D eigenvalue weighted by molar-refractivity contribution is 6.15. The van der Waals surface area contributed by atoms with Gasteiger partial charge < -0.3 is 15.5 Å². The summed E-state index contributed by atoms with van der Waals surface area (Å²) in [7, 11) is 1.56. The first kappa shape index (κ1) is 24.8. The first-order valence-corrected chi connectivity index (χ1v) is 11.2. The van der Waals surface area contributed by atoms with Crippen molar-refractivity contribution in [3.8, 4) is 0 Å². The smallest absolute Gasteiger partial charge is 0.293 e. The molecule has 2 N–H and O–H groups in total. The van der Waals surface area contributed by atoms with Crippen LogP contribution in [0.5, 0.6) is 0 Å². The number of benzene rings is 2. The maximum atomic E-state index is 13.3. The normalized spacial score (nSPS) is 13.9.